The lowest BCUT2D eigenvalue weighted by Gasteiger charge is -2.31. The van der Waals surface area contributed by atoms with Gasteiger partial charge in [-0.1, -0.05) is 18.2 Å². The maximum atomic E-state index is 14.0. The molecule has 1 aliphatic heterocycles. The molecule has 1 heterocycles. The van der Waals surface area contributed by atoms with Crippen molar-refractivity contribution in [3.05, 3.63) is 77.0 Å². The van der Waals surface area contributed by atoms with Crippen molar-refractivity contribution in [3.8, 4) is 28.7 Å². The minimum Gasteiger partial charge on any atom is -0.493 e. The number of anilines is 2. The Balaban J connectivity index is 1.64. The number of ether oxygens (including phenoxy) is 5. The number of carbonyl (C=O) groups excluding carboxylic acids is 1. The summed E-state index contributed by atoms with van der Waals surface area (Å²) in [6.45, 7) is 0. The molecule has 0 amide bonds. The van der Waals surface area contributed by atoms with Crippen LogP contribution in [0.3, 0.4) is 0 Å². The zero-order valence-corrected chi connectivity index (χ0v) is 22.2. The van der Waals surface area contributed by atoms with Crippen molar-refractivity contribution < 1.29 is 28.5 Å². The van der Waals surface area contributed by atoms with Crippen LogP contribution in [0.4, 0.5) is 11.4 Å². The van der Waals surface area contributed by atoms with E-state index in [4.69, 9.17) is 23.7 Å². The van der Waals surface area contributed by atoms with Crippen molar-refractivity contribution >= 4 is 17.2 Å². The maximum Gasteiger partial charge on any atom is 0.203 e. The Morgan fingerprint density at radius 2 is 1.39 bits per heavy atom. The van der Waals surface area contributed by atoms with Gasteiger partial charge in [-0.3, -0.25) is 4.79 Å². The van der Waals surface area contributed by atoms with E-state index >= 15 is 0 Å². The average Bonchev–Trinajstić information content (AvgIpc) is 3.12. The third-order valence-electron chi connectivity index (χ3n) is 7.23. The molecule has 8 heteroatoms. The number of fused-ring (bicyclic) bond motifs is 1. The van der Waals surface area contributed by atoms with Crippen molar-refractivity contribution in [1.29, 1.82) is 0 Å². The number of ketones is 1. The van der Waals surface area contributed by atoms with Crippen LogP contribution in [0, 0.1) is 0 Å². The van der Waals surface area contributed by atoms with E-state index in [1.54, 1.807) is 35.5 Å². The van der Waals surface area contributed by atoms with E-state index in [0.717, 1.165) is 28.2 Å². The highest BCUT2D eigenvalue weighted by atomic mass is 16.5. The summed E-state index contributed by atoms with van der Waals surface area (Å²) in [6.07, 6.45) is 1.01. The first-order valence-corrected chi connectivity index (χ1v) is 12.4. The molecule has 0 saturated heterocycles. The summed E-state index contributed by atoms with van der Waals surface area (Å²) in [5, 5.41) is 7.18. The molecule has 2 aliphatic rings. The summed E-state index contributed by atoms with van der Waals surface area (Å²) in [4.78, 5) is 14.0. The fourth-order valence-corrected chi connectivity index (χ4v) is 5.42. The first-order chi connectivity index (χ1) is 18.5. The molecule has 38 heavy (non-hydrogen) atoms. The zero-order chi connectivity index (χ0) is 26.8. The number of carbonyl (C=O) groups is 1. The van der Waals surface area contributed by atoms with Gasteiger partial charge in [0.05, 0.1) is 53.0 Å². The number of nitrogens with one attached hydrogen (secondary N) is 2. The van der Waals surface area contributed by atoms with Crippen molar-refractivity contribution in [2.75, 3.05) is 46.2 Å². The summed E-state index contributed by atoms with van der Waals surface area (Å²) >= 11 is 0. The van der Waals surface area contributed by atoms with Gasteiger partial charge in [-0.05, 0) is 54.3 Å². The molecule has 0 bridgehead atoms. The third-order valence-corrected chi connectivity index (χ3v) is 7.23. The Morgan fingerprint density at radius 1 is 0.711 bits per heavy atom. The summed E-state index contributed by atoms with van der Waals surface area (Å²) in [7, 11) is 7.98. The van der Waals surface area contributed by atoms with Gasteiger partial charge >= 0.3 is 0 Å². The van der Waals surface area contributed by atoms with Crippen LogP contribution in [0.15, 0.2) is 65.9 Å². The molecule has 3 aromatic rings. The Hall–Kier alpha value is -4.33. The average molecular weight is 517 g/mol. The fourth-order valence-electron chi connectivity index (χ4n) is 5.42. The first kappa shape index (κ1) is 25.3. The molecule has 0 spiro atoms. The molecule has 0 unspecified atom stereocenters. The van der Waals surface area contributed by atoms with Gasteiger partial charge in [-0.25, -0.2) is 0 Å². The number of allylic oxidation sites excluding steroid dienone is 1. The number of benzene rings is 3. The topological polar surface area (TPSA) is 87.3 Å². The van der Waals surface area contributed by atoms with Crippen LogP contribution in [0.5, 0.6) is 28.7 Å². The highest BCUT2D eigenvalue weighted by molar-refractivity contribution is 6.01. The Bertz CT molecular complexity index is 1400. The van der Waals surface area contributed by atoms with E-state index in [2.05, 4.69) is 10.6 Å². The van der Waals surface area contributed by atoms with Crippen LogP contribution in [-0.4, -0.2) is 41.3 Å². The van der Waals surface area contributed by atoms with E-state index in [-0.39, 0.29) is 11.7 Å². The van der Waals surface area contributed by atoms with Gasteiger partial charge in [0.25, 0.3) is 0 Å². The Kier molecular flexibility index (Phi) is 7.05. The third kappa shape index (κ3) is 4.36. The lowest BCUT2D eigenvalue weighted by molar-refractivity contribution is -0.116. The van der Waals surface area contributed by atoms with Crippen LogP contribution >= 0.6 is 0 Å². The highest BCUT2D eigenvalue weighted by Gasteiger charge is 2.38. The molecule has 0 saturated carbocycles. The van der Waals surface area contributed by atoms with Crippen LogP contribution < -0.4 is 34.3 Å². The highest BCUT2D eigenvalue weighted by Crippen LogP contribution is 2.49. The van der Waals surface area contributed by atoms with Gasteiger partial charge in [0.1, 0.15) is 0 Å². The standard InChI is InChI=1S/C30H32N2O6/c1-34-24-12-10-17(16-26(24)36-3)18-14-22-27(23(33)15-18)28(32-21-9-7-6-8-20(21)31-22)19-11-13-25(35-2)30(38-5)29(19)37-4/h6-13,16,18,28,31-32H,14-15H2,1-5H3/t18-,28+/m1/s1. The van der Waals surface area contributed by atoms with E-state index in [9.17, 15) is 4.79 Å². The Labute approximate surface area is 222 Å². The zero-order valence-electron chi connectivity index (χ0n) is 22.2. The molecule has 5 rings (SSSR count). The van der Waals surface area contributed by atoms with Crippen molar-refractivity contribution in [2.45, 2.75) is 24.8 Å². The number of hydrogen-bond acceptors (Lipinski definition) is 8. The van der Waals surface area contributed by atoms with Crippen LogP contribution in [0.1, 0.15) is 35.9 Å². The fraction of sp³-hybridized carbons (Fsp3) is 0.300. The van der Waals surface area contributed by atoms with E-state index < -0.39 is 6.04 Å². The molecular formula is C30H32N2O6. The largest absolute Gasteiger partial charge is 0.493 e. The molecule has 0 aromatic heterocycles. The molecule has 2 N–H and O–H groups in total. The summed E-state index contributed by atoms with van der Waals surface area (Å²) < 4.78 is 27.9. The lowest BCUT2D eigenvalue weighted by atomic mass is 9.78. The van der Waals surface area contributed by atoms with Gasteiger partial charge in [0.15, 0.2) is 28.8 Å². The molecule has 0 radical (unpaired) electrons. The van der Waals surface area contributed by atoms with Gasteiger partial charge in [0.2, 0.25) is 5.75 Å². The normalized spacial score (nSPS) is 18.3. The number of hydrogen-bond donors (Lipinski definition) is 2. The van der Waals surface area contributed by atoms with Crippen molar-refractivity contribution in [1.82, 2.24) is 0 Å². The number of rotatable bonds is 7. The van der Waals surface area contributed by atoms with Gasteiger partial charge in [-0.2, -0.15) is 0 Å². The lowest BCUT2D eigenvalue weighted by Crippen LogP contribution is -2.27. The van der Waals surface area contributed by atoms with Crippen molar-refractivity contribution in [3.63, 3.8) is 0 Å². The second-order valence-corrected chi connectivity index (χ2v) is 9.21. The molecular weight excluding hydrogens is 484 g/mol. The van der Waals surface area contributed by atoms with Gasteiger partial charge in [-0.15, -0.1) is 0 Å². The monoisotopic (exact) mass is 516 g/mol. The predicted octanol–water partition coefficient (Wildman–Crippen LogP) is 5.71. The molecule has 198 valence electrons. The smallest absolute Gasteiger partial charge is 0.203 e. The van der Waals surface area contributed by atoms with Gasteiger partial charge < -0.3 is 34.3 Å². The molecule has 8 nitrogen and oxygen atoms in total. The number of methoxy groups -OCH3 is 5. The molecule has 2 atom stereocenters. The summed E-state index contributed by atoms with van der Waals surface area (Å²) in [5.41, 5.74) is 5.16. The van der Waals surface area contributed by atoms with E-state index in [1.807, 2.05) is 54.6 Å². The van der Waals surface area contributed by atoms with Crippen LogP contribution in [0.2, 0.25) is 0 Å². The quantitative estimate of drug-likeness (QED) is 0.413. The molecule has 1 aliphatic carbocycles. The SMILES string of the molecule is COc1ccc([C@H]2CC(=O)C3=C(C2)Nc2ccccc2N[C@H]3c2ccc(OC)c(OC)c2OC)cc1OC. The van der Waals surface area contributed by atoms with Crippen molar-refractivity contribution in [2.24, 2.45) is 0 Å². The Morgan fingerprint density at radius 3 is 2.08 bits per heavy atom. The van der Waals surface area contributed by atoms with E-state index in [0.29, 0.717) is 47.2 Å². The first-order valence-electron chi connectivity index (χ1n) is 12.4. The van der Waals surface area contributed by atoms with Gasteiger partial charge in [0, 0.05) is 23.3 Å². The minimum atomic E-state index is -0.463. The summed E-state index contributed by atoms with van der Waals surface area (Å²) in [6, 6.07) is 17.1. The second-order valence-electron chi connectivity index (χ2n) is 9.21. The van der Waals surface area contributed by atoms with E-state index in [1.165, 1.54) is 0 Å². The minimum absolute atomic E-state index is 0.0215. The maximum absolute atomic E-state index is 14.0. The van der Waals surface area contributed by atoms with Crippen LogP contribution in [-0.2, 0) is 4.79 Å². The molecule has 0 fully saturated rings. The molecule has 3 aromatic carbocycles. The predicted molar refractivity (Wildman–Crippen MR) is 146 cm³/mol. The number of Topliss-reactive ketones (excluding diaryl/α,β-unsaturated/α-hetero) is 1. The van der Waals surface area contributed by atoms with Crippen LogP contribution in [0.25, 0.3) is 0 Å². The summed E-state index contributed by atoms with van der Waals surface area (Å²) in [5.74, 6) is 2.89. The second kappa shape index (κ2) is 10.6. The number of para-hydroxylation sites is 2.